The normalized spacial score (nSPS) is 9.88. The van der Waals surface area contributed by atoms with Crippen LogP contribution in [0.15, 0.2) is 0 Å². The van der Waals surface area contributed by atoms with Gasteiger partial charge < -0.3 is 32.1 Å². The molecule has 0 aromatic heterocycles. The van der Waals surface area contributed by atoms with Gasteiger partial charge >= 0.3 is 5.97 Å². The van der Waals surface area contributed by atoms with Gasteiger partial charge in [0.2, 0.25) is 23.6 Å². The Morgan fingerprint density at radius 3 is 1.65 bits per heavy atom. The van der Waals surface area contributed by atoms with Gasteiger partial charge in [0.25, 0.3) is 0 Å². The lowest BCUT2D eigenvalue weighted by molar-refractivity contribution is -0.138. The second-order valence-corrected chi connectivity index (χ2v) is 5.36. The van der Waals surface area contributed by atoms with Crippen LogP contribution in [0.2, 0.25) is 0 Å². The van der Waals surface area contributed by atoms with E-state index in [0.717, 1.165) is 0 Å². The lowest BCUT2D eigenvalue weighted by Crippen LogP contribution is -2.40. The summed E-state index contributed by atoms with van der Waals surface area (Å²) in [5.41, 5.74) is 5.30. The predicted octanol–water partition coefficient (Wildman–Crippen LogP) is -2.55. The number of nitrogens with one attached hydrogen (secondary N) is 4. The van der Waals surface area contributed by atoms with E-state index in [1.54, 1.807) is 0 Å². The van der Waals surface area contributed by atoms with E-state index in [1.165, 1.54) is 0 Å². The third kappa shape index (κ3) is 14.9. The van der Waals surface area contributed by atoms with Crippen LogP contribution in [-0.2, 0) is 24.0 Å². The van der Waals surface area contributed by atoms with Gasteiger partial charge in [-0.15, -0.1) is 0 Å². The minimum atomic E-state index is -1.09. The molecule has 0 aromatic rings. The Kier molecular flexibility index (Phi) is 13.1. The Morgan fingerprint density at radius 2 is 1.12 bits per heavy atom. The van der Waals surface area contributed by atoms with Crippen molar-refractivity contribution >= 4 is 29.6 Å². The van der Waals surface area contributed by atoms with E-state index in [1.807, 2.05) is 0 Å². The van der Waals surface area contributed by atoms with Gasteiger partial charge in [0.05, 0.1) is 13.0 Å². The van der Waals surface area contributed by atoms with Crippen LogP contribution in [0.3, 0.4) is 0 Å². The summed E-state index contributed by atoms with van der Waals surface area (Å²) >= 11 is 0. The topological polar surface area (TPSA) is 180 Å². The molecular weight excluding hydrogens is 346 g/mol. The summed E-state index contributed by atoms with van der Waals surface area (Å²) in [5, 5.41) is 18.4. The number of hydrogen-bond donors (Lipinski definition) is 6. The molecule has 0 heterocycles. The van der Waals surface area contributed by atoms with E-state index in [4.69, 9.17) is 10.8 Å². The highest BCUT2D eigenvalue weighted by Crippen LogP contribution is 1.89. The Hall–Kier alpha value is -2.69. The molecule has 0 rings (SSSR count). The maximum absolute atomic E-state index is 11.5. The van der Waals surface area contributed by atoms with Crippen LogP contribution in [0.1, 0.15) is 32.1 Å². The van der Waals surface area contributed by atoms with Gasteiger partial charge in [-0.1, -0.05) is 0 Å². The zero-order valence-electron chi connectivity index (χ0n) is 14.6. The summed E-state index contributed by atoms with van der Waals surface area (Å²) in [4.78, 5) is 55.9. The van der Waals surface area contributed by atoms with Gasteiger partial charge in [-0.25, -0.2) is 0 Å². The number of nitrogens with two attached hydrogens (primary N) is 1. The quantitative estimate of drug-likeness (QED) is 0.181. The van der Waals surface area contributed by atoms with E-state index < -0.39 is 17.8 Å². The molecule has 0 aromatic carbocycles. The first-order chi connectivity index (χ1) is 12.3. The van der Waals surface area contributed by atoms with Crippen LogP contribution < -0.4 is 27.0 Å². The summed E-state index contributed by atoms with van der Waals surface area (Å²) in [6, 6.07) is 0. The van der Waals surface area contributed by atoms with Crippen molar-refractivity contribution in [1.82, 2.24) is 21.3 Å². The maximum Gasteiger partial charge on any atom is 0.303 e. The van der Waals surface area contributed by atoms with Gasteiger partial charge in [0.15, 0.2) is 0 Å². The van der Waals surface area contributed by atoms with Gasteiger partial charge in [-0.2, -0.15) is 0 Å². The largest absolute Gasteiger partial charge is 0.481 e. The molecule has 0 fully saturated rings. The van der Waals surface area contributed by atoms with E-state index in [2.05, 4.69) is 21.3 Å². The molecule has 0 unspecified atom stereocenters. The van der Waals surface area contributed by atoms with Crippen molar-refractivity contribution in [3.8, 4) is 0 Å². The van der Waals surface area contributed by atoms with Crippen molar-refractivity contribution in [2.75, 3.05) is 32.7 Å². The van der Waals surface area contributed by atoms with Gasteiger partial charge in [0.1, 0.15) is 0 Å². The number of rotatable bonds is 14. The number of carboxylic acids is 1. The molecule has 11 nitrogen and oxygen atoms in total. The first-order valence-electron chi connectivity index (χ1n) is 8.33. The predicted molar refractivity (Wildman–Crippen MR) is 91.8 cm³/mol. The molecule has 4 amide bonds. The number of hydrogen-bond acceptors (Lipinski definition) is 6. The van der Waals surface area contributed by atoms with Crippen LogP contribution in [0, 0.1) is 0 Å². The standard InChI is InChI=1S/C15H27N5O6/c16-6-1-7-17-11(21)2-3-12(22)18-8-9-19-14(24)10-20-13(23)4-5-15(25)26/h1-10,16H2,(H,17,21)(H,18,22)(H,19,24)(H,20,23)(H,25,26). The van der Waals surface area contributed by atoms with Crippen molar-refractivity contribution < 1.29 is 29.1 Å². The number of carbonyl (C=O) groups excluding carboxylic acids is 4. The molecule has 0 saturated heterocycles. The third-order valence-electron chi connectivity index (χ3n) is 3.06. The molecule has 0 bridgehead atoms. The second-order valence-electron chi connectivity index (χ2n) is 5.36. The zero-order chi connectivity index (χ0) is 19.8. The lowest BCUT2D eigenvalue weighted by Gasteiger charge is -2.08. The minimum Gasteiger partial charge on any atom is -0.481 e. The maximum atomic E-state index is 11.5. The van der Waals surface area contributed by atoms with Crippen LogP contribution in [0.4, 0.5) is 0 Å². The zero-order valence-corrected chi connectivity index (χ0v) is 14.6. The van der Waals surface area contributed by atoms with Crippen LogP contribution in [0.5, 0.6) is 0 Å². The first-order valence-corrected chi connectivity index (χ1v) is 8.33. The van der Waals surface area contributed by atoms with Gasteiger partial charge in [-0.05, 0) is 13.0 Å². The fraction of sp³-hybridized carbons (Fsp3) is 0.667. The molecule has 0 saturated carbocycles. The number of amides is 4. The van der Waals surface area contributed by atoms with E-state index in [9.17, 15) is 24.0 Å². The van der Waals surface area contributed by atoms with Crippen LogP contribution in [0.25, 0.3) is 0 Å². The van der Waals surface area contributed by atoms with Crippen molar-refractivity contribution in [2.45, 2.75) is 32.1 Å². The number of carboxylic acid groups (broad SMARTS) is 1. The van der Waals surface area contributed by atoms with Crippen LogP contribution in [-0.4, -0.2) is 67.4 Å². The van der Waals surface area contributed by atoms with E-state index in [0.29, 0.717) is 19.5 Å². The molecule has 7 N–H and O–H groups in total. The average molecular weight is 373 g/mol. The molecule has 0 aliphatic heterocycles. The molecule has 148 valence electrons. The van der Waals surface area contributed by atoms with Crippen molar-refractivity contribution in [2.24, 2.45) is 5.73 Å². The van der Waals surface area contributed by atoms with Gasteiger partial charge in [-0.3, -0.25) is 24.0 Å². The first kappa shape index (κ1) is 23.3. The highest BCUT2D eigenvalue weighted by atomic mass is 16.4. The molecule has 0 spiro atoms. The van der Waals surface area contributed by atoms with Gasteiger partial charge in [0, 0.05) is 38.9 Å². The fourth-order valence-corrected chi connectivity index (χ4v) is 1.69. The van der Waals surface area contributed by atoms with E-state index in [-0.39, 0.29) is 57.1 Å². The SMILES string of the molecule is NCCCNC(=O)CCC(=O)NCCNC(=O)CNC(=O)CCC(=O)O. The molecule has 0 atom stereocenters. The summed E-state index contributed by atoms with van der Waals surface area (Å²) in [5.74, 6) is -2.60. The summed E-state index contributed by atoms with van der Waals surface area (Å²) in [6.45, 7) is 1.05. The summed E-state index contributed by atoms with van der Waals surface area (Å²) in [6.07, 6.45) is 0.299. The van der Waals surface area contributed by atoms with Crippen LogP contribution >= 0.6 is 0 Å². The monoisotopic (exact) mass is 373 g/mol. The van der Waals surface area contributed by atoms with Crippen molar-refractivity contribution in [1.29, 1.82) is 0 Å². The Balaban J connectivity index is 3.64. The molecule has 11 heteroatoms. The number of carbonyl (C=O) groups is 5. The van der Waals surface area contributed by atoms with Crippen molar-refractivity contribution in [3.63, 3.8) is 0 Å². The molecule has 0 radical (unpaired) electrons. The molecule has 0 aliphatic carbocycles. The third-order valence-corrected chi connectivity index (χ3v) is 3.06. The van der Waals surface area contributed by atoms with E-state index >= 15 is 0 Å². The van der Waals surface area contributed by atoms with Crippen molar-refractivity contribution in [3.05, 3.63) is 0 Å². The minimum absolute atomic E-state index is 0.0437. The average Bonchev–Trinajstić information content (AvgIpc) is 2.60. The highest BCUT2D eigenvalue weighted by Gasteiger charge is 2.08. The Labute approximate surface area is 151 Å². The summed E-state index contributed by atoms with van der Waals surface area (Å²) in [7, 11) is 0. The molecule has 26 heavy (non-hydrogen) atoms. The fourth-order valence-electron chi connectivity index (χ4n) is 1.69. The molecule has 0 aliphatic rings. The highest BCUT2D eigenvalue weighted by molar-refractivity contribution is 5.86. The number of aliphatic carboxylic acids is 1. The lowest BCUT2D eigenvalue weighted by atomic mass is 10.2. The smallest absolute Gasteiger partial charge is 0.303 e. The Morgan fingerprint density at radius 1 is 0.654 bits per heavy atom. The molecular formula is C15H27N5O6. The Bertz CT molecular complexity index is 497. The summed E-state index contributed by atoms with van der Waals surface area (Å²) < 4.78 is 0. The second kappa shape index (κ2) is 14.6.